The Morgan fingerprint density at radius 3 is 2.62 bits per heavy atom. The third-order valence-corrected chi connectivity index (χ3v) is 5.97. The van der Waals surface area contributed by atoms with Crippen LogP contribution >= 0.6 is 22.9 Å². The number of thiophene rings is 1. The van der Waals surface area contributed by atoms with E-state index in [9.17, 15) is 8.42 Å². The van der Waals surface area contributed by atoms with Gasteiger partial charge in [0.2, 0.25) is 10.0 Å². The van der Waals surface area contributed by atoms with Gasteiger partial charge in [-0.1, -0.05) is 23.7 Å². The van der Waals surface area contributed by atoms with Gasteiger partial charge in [0.1, 0.15) is 4.90 Å². The summed E-state index contributed by atoms with van der Waals surface area (Å²) < 4.78 is 28.1. The van der Waals surface area contributed by atoms with Crippen molar-refractivity contribution in [1.82, 2.24) is 4.72 Å². The van der Waals surface area contributed by atoms with E-state index >= 15 is 0 Å². The first kappa shape index (κ1) is 14.8. The molecule has 0 spiro atoms. The zero-order valence-corrected chi connectivity index (χ0v) is 13.6. The van der Waals surface area contributed by atoms with E-state index in [2.05, 4.69) is 10.0 Å². The minimum absolute atomic E-state index is 0.0964. The van der Waals surface area contributed by atoms with Gasteiger partial charge in [-0.15, -0.1) is 11.3 Å². The van der Waals surface area contributed by atoms with Crippen LogP contribution < -0.4 is 10.0 Å². The summed E-state index contributed by atoms with van der Waals surface area (Å²) in [6, 6.07) is 10.8. The normalized spacial score (nSPS) is 15.1. The van der Waals surface area contributed by atoms with Crippen LogP contribution in [-0.4, -0.2) is 14.5 Å². The van der Waals surface area contributed by atoms with Gasteiger partial charge in [-0.3, -0.25) is 0 Å². The molecule has 3 rings (SSSR count). The molecule has 0 amide bonds. The first-order valence-corrected chi connectivity index (χ1v) is 9.32. The first-order chi connectivity index (χ1) is 10.0. The molecule has 2 aromatic rings. The number of sulfonamides is 1. The fourth-order valence-electron chi connectivity index (χ4n) is 1.96. The number of rotatable bonds is 6. The average molecular weight is 343 g/mol. The lowest BCUT2D eigenvalue weighted by Crippen LogP contribution is -2.26. The van der Waals surface area contributed by atoms with Crippen molar-refractivity contribution in [1.29, 1.82) is 0 Å². The smallest absolute Gasteiger partial charge is 0.242 e. The van der Waals surface area contributed by atoms with Crippen LogP contribution in [0.25, 0.3) is 0 Å². The Labute approximate surface area is 133 Å². The van der Waals surface area contributed by atoms with Crippen LogP contribution in [0.5, 0.6) is 0 Å². The van der Waals surface area contributed by atoms with Crippen LogP contribution in [0.4, 0.5) is 5.69 Å². The van der Waals surface area contributed by atoms with Crippen molar-refractivity contribution in [2.75, 3.05) is 5.32 Å². The predicted octanol–water partition coefficient (Wildman–Crippen LogP) is 3.45. The number of hydrogen-bond acceptors (Lipinski definition) is 4. The van der Waals surface area contributed by atoms with Crippen LogP contribution in [0.2, 0.25) is 4.34 Å². The summed E-state index contributed by atoms with van der Waals surface area (Å²) in [6.45, 7) is 0.549. The third-order valence-electron chi connectivity index (χ3n) is 3.16. The second kappa shape index (κ2) is 5.96. The molecule has 21 heavy (non-hydrogen) atoms. The summed E-state index contributed by atoms with van der Waals surface area (Å²) in [5, 5.41) is 3.18. The summed E-state index contributed by atoms with van der Waals surface area (Å²) in [6.07, 6.45) is 1.84. The van der Waals surface area contributed by atoms with E-state index in [0.29, 0.717) is 17.1 Å². The quantitative estimate of drug-likeness (QED) is 0.845. The largest absolute Gasteiger partial charge is 0.379 e. The molecule has 7 heteroatoms. The second-order valence-electron chi connectivity index (χ2n) is 4.95. The average Bonchev–Trinajstić information content (AvgIpc) is 3.15. The van der Waals surface area contributed by atoms with Gasteiger partial charge in [-0.25, -0.2) is 13.1 Å². The van der Waals surface area contributed by atoms with Crippen molar-refractivity contribution >= 4 is 38.6 Å². The van der Waals surface area contributed by atoms with Crippen LogP contribution in [0.15, 0.2) is 41.3 Å². The molecule has 4 nitrogen and oxygen atoms in total. The summed E-state index contributed by atoms with van der Waals surface area (Å²) in [5.41, 5.74) is 0.607. The van der Waals surface area contributed by atoms with Crippen molar-refractivity contribution in [2.24, 2.45) is 0 Å². The zero-order chi connectivity index (χ0) is 14.9. The Bertz CT molecular complexity index is 739. The third kappa shape index (κ3) is 3.77. The summed E-state index contributed by atoms with van der Waals surface area (Å²) >= 11 is 7.37. The SMILES string of the molecule is O=S(=O)(NC1CC1)c1ccccc1NCc1ccc(Cl)s1. The minimum atomic E-state index is -3.46. The van der Waals surface area contributed by atoms with Crippen molar-refractivity contribution in [3.05, 3.63) is 45.6 Å². The molecule has 0 unspecified atom stereocenters. The van der Waals surface area contributed by atoms with E-state index in [1.165, 1.54) is 11.3 Å². The highest BCUT2D eigenvalue weighted by atomic mass is 35.5. The number of para-hydroxylation sites is 1. The van der Waals surface area contributed by atoms with Crippen LogP contribution in [0.3, 0.4) is 0 Å². The maximum absolute atomic E-state index is 12.3. The Hall–Kier alpha value is -1.08. The highest BCUT2D eigenvalue weighted by Gasteiger charge is 2.29. The zero-order valence-electron chi connectivity index (χ0n) is 11.2. The molecule has 1 fully saturated rings. The molecule has 1 aliphatic carbocycles. The molecule has 1 aromatic carbocycles. The molecular weight excluding hydrogens is 328 g/mol. The molecule has 0 aliphatic heterocycles. The van der Waals surface area contributed by atoms with Gasteiger partial charge in [-0.05, 0) is 37.1 Å². The van der Waals surface area contributed by atoms with Crippen molar-refractivity contribution in [2.45, 2.75) is 30.3 Å². The fourth-order valence-corrected chi connectivity index (χ4v) is 4.48. The van der Waals surface area contributed by atoms with E-state index in [1.54, 1.807) is 18.2 Å². The molecule has 1 aliphatic rings. The maximum atomic E-state index is 12.3. The van der Waals surface area contributed by atoms with Crippen LogP contribution in [0, 0.1) is 0 Å². The fraction of sp³-hybridized carbons (Fsp3) is 0.286. The Morgan fingerprint density at radius 2 is 1.95 bits per heavy atom. The monoisotopic (exact) mass is 342 g/mol. The van der Waals surface area contributed by atoms with Gasteiger partial charge in [-0.2, -0.15) is 0 Å². The van der Waals surface area contributed by atoms with E-state index in [1.807, 2.05) is 18.2 Å². The van der Waals surface area contributed by atoms with Gasteiger partial charge < -0.3 is 5.32 Å². The standard InChI is InChI=1S/C14H15ClN2O2S2/c15-14-8-7-11(20-14)9-16-12-3-1-2-4-13(12)21(18,19)17-10-5-6-10/h1-4,7-8,10,16-17H,5-6,9H2. The van der Waals surface area contributed by atoms with E-state index in [-0.39, 0.29) is 6.04 Å². The molecule has 2 N–H and O–H groups in total. The molecular formula is C14H15ClN2O2S2. The first-order valence-electron chi connectivity index (χ1n) is 6.64. The Morgan fingerprint density at radius 1 is 1.19 bits per heavy atom. The highest BCUT2D eigenvalue weighted by molar-refractivity contribution is 7.89. The van der Waals surface area contributed by atoms with Gasteiger partial charge in [0.15, 0.2) is 0 Å². The number of anilines is 1. The minimum Gasteiger partial charge on any atom is -0.379 e. The lowest BCUT2D eigenvalue weighted by Gasteiger charge is -2.12. The van der Waals surface area contributed by atoms with Crippen molar-refractivity contribution in [3.8, 4) is 0 Å². The molecule has 0 radical (unpaired) electrons. The van der Waals surface area contributed by atoms with Gasteiger partial charge >= 0.3 is 0 Å². The molecule has 1 aromatic heterocycles. The topological polar surface area (TPSA) is 58.2 Å². The number of benzene rings is 1. The predicted molar refractivity (Wildman–Crippen MR) is 86.4 cm³/mol. The molecule has 1 heterocycles. The van der Waals surface area contributed by atoms with E-state index < -0.39 is 10.0 Å². The van der Waals surface area contributed by atoms with Gasteiger partial charge in [0, 0.05) is 17.5 Å². The molecule has 0 atom stereocenters. The summed E-state index contributed by atoms with van der Waals surface area (Å²) in [7, 11) is -3.46. The molecule has 0 bridgehead atoms. The lowest BCUT2D eigenvalue weighted by molar-refractivity contribution is 0.581. The van der Waals surface area contributed by atoms with E-state index in [0.717, 1.165) is 22.1 Å². The van der Waals surface area contributed by atoms with Crippen molar-refractivity contribution in [3.63, 3.8) is 0 Å². The number of nitrogens with one attached hydrogen (secondary N) is 2. The lowest BCUT2D eigenvalue weighted by atomic mass is 10.3. The van der Waals surface area contributed by atoms with Crippen LogP contribution in [0.1, 0.15) is 17.7 Å². The Balaban J connectivity index is 1.78. The Kier molecular flexibility index (Phi) is 4.21. The maximum Gasteiger partial charge on any atom is 0.242 e. The summed E-state index contributed by atoms with van der Waals surface area (Å²) in [5.74, 6) is 0. The molecule has 0 saturated heterocycles. The number of hydrogen-bond donors (Lipinski definition) is 2. The summed E-state index contributed by atoms with van der Waals surface area (Å²) in [4.78, 5) is 1.35. The van der Waals surface area contributed by atoms with Gasteiger partial charge in [0.25, 0.3) is 0 Å². The highest BCUT2D eigenvalue weighted by Crippen LogP contribution is 2.27. The molecule has 112 valence electrons. The van der Waals surface area contributed by atoms with E-state index in [4.69, 9.17) is 11.6 Å². The van der Waals surface area contributed by atoms with Crippen molar-refractivity contribution < 1.29 is 8.42 Å². The number of halogens is 1. The second-order valence-corrected chi connectivity index (χ2v) is 8.43. The van der Waals surface area contributed by atoms with Crippen LogP contribution in [-0.2, 0) is 16.6 Å². The molecule has 1 saturated carbocycles. The van der Waals surface area contributed by atoms with Gasteiger partial charge in [0.05, 0.1) is 10.0 Å².